The quantitative estimate of drug-likeness (QED) is 0.219. The normalized spacial score (nSPS) is 17.3. The van der Waals surface area contributed by atoms with Crippen LogP contribution in [0.15, 0.2) is 145 Å². The Balaban J connectivity index is 0.000000147. The van der Waals surface area contributed by atoms with Crippen LogP contribution in [0.25, 0.3) is 0 Å². The van der Waals surface area contributed by atoms with Gasteiger partial charge in [0.05, 0.1) is 26.2 Å². The lowest BCUT2D eigenvalue weighted by atomic mass is 9.13. The molecule has 4 aliphatic rings. The zero-order valence-electron chi connectivity index (χ0n) is 29.5. The third-order valence-corrected chi connectivity index (χ3v) is 10.9. The van der Waals surface area contributed by atoms with Gasteiger partial charge in [0.1, 0.15) is 12.0 Å². The average Bonchev–Trinajstić information content (AvgIpc) is 3.23. The number of guanidine groups is 2. The molecule has 9 rings (SSSR count). The van der Waals surface area contributed by atoms with Crippen molar-refractivity contribution in [2.45, 2.75) is 25.7 Å². The summed E-state index contributed by atoms with van der Waals surface area (Å²) in [4.78, 5) is 17.0. The molecule has 0 radical (unpaired) electrons. The first-order chi connectivity index (χ1) is 25.3. The van der Waals surface area contributed by atoms with E-state index in [0.29, 0.717) is 0 Å². The smallest absolute Gasteiger partial charge is 0.342 e. The van der Waals surface area contributed by atoms with Gasteiger partial charge in [-0.2, -0.15) is 26.8 Å². The molecule has 5 heterocycles. The first kappa shape index (κ1) is 32.8. The summed E-state index contributed by atoms with van der Waals surface area (Å²) < 4.78 is 2.47. The number of nitrogens with zero attached hydrogens (tertiary/aromatic N) is 6. The van der Waals surface area contributed by atoms with Gasteiger partial charge in [-0.05, 0) is 25.0 Å². The fraction of sp³-hybridized carbons (Fsp3) is 0.279. The highest BCUT2D eigenvalue weighted by molar-refractivity contribution is 7.19. The minimum atomic E-state index is -1.22. The summed E-state index contributed by atoms with van der Waals surface area (Å²) in [6.07, 6.45) is 3.52. The molecule has 258 valence electrons. The Hall–Kier alpha value is -5.37. The van der Waals surface area contributed by atoms with E-state index in [1.165, 1.54) is 53.5 Å². The zero-order valence-corrected chi connectivity index (χ0v) is 29.5. The topological polar surface area (TPSA) is 50.0 Å². The Morgan fingerprint density at radius 2 is 1.02 bits per heavy atom. The van der Waals surface area contributed by atoms with Crippen molar-refractivity contribution in [1.29, 1.82) is 0 Å². The van der Waals surface area contributed by atoms with Gasteiger partial charge < -0.3 is 4.90 Å². The van der Waals surface area contributed by atoms with Gasteiger partial charge in [0, 0.05) is 39.0 Å². The number of aromatic nitrogens is 1. The highest BCUT2D eigenvalue weighted by Gasteiger charge is 2.33. The molecule has 0 amide bonds. The summed E-state index contributed by atoms with van der Waals surface area (Å²) in [5.74, 6) is 4.44. The molecule has 4 aliphatic heterocycles. The van der Waals surface area contributed by atoms with E-state index in [1.54, 1.807) is 0 Å². The number of fused-ring (bicyclic) bond motifs is 1. The van der Waals surface area contributed by atoms with E-state index in [0.717, 1.165) is 70.0 Å². The van der Waals surface area contributed by atoms with Crippen molar-refractivity contribution < 1.29 is 4.58 Å². The van der Waals surface area contributed by atoms with Gasteiger partial charge in [0.25, 0.3) is 0 Å². The highest BCUT2D eigenvalue weighted by Crippen LogP contribution is 2.24. The van der Waals surface area contributed by atoms with Crippen LogP contribution >= 0.6 is 0 Å². The predicted molar refractivity (Wildman–Crippen MR) is 214 cm³/mol. The standard InChI is InChI=1S/C24H20B.C19H27N7/c1-5-13-21(14-6-1)25(22-15-7-2-8-16-22,23-17-9-3-10-18-23)24-19-11-4-12-20-24;1-6-16(25-14-4-12-23-10-2-8-20-18(23)25)22-17(7-1)26-15-5-13-24-11-3-9-21-19(24)26/h1-20H;1,6-7H,2-5,8-15H2/q-1;/p+1. The Morgan fingerprint density at radius 1 is 0.510 bits per heavy atom. The second kappa shape index (κ2) is 15.3. The van der Waals surface area contributed by atoms with E-state index < -0.39 is 6.15 Å². The minimum absolute atomic E-state index is 0.935. The number of benzene rings is 4. The van der Waals surface area contributed by atoms with Crippen LogP contribution in [0.1, 0.15) is 25.7 Å². The second-order valence-electron chi connectivity index (χ2n) is 14.0. The molecular formula is C43H48BN7. The highest BCUT2D eigenvalue weighted by atomic mass is 15.4. The molecule has 7 nitrogen and oxygen atoms in total. The van der Waals surface area contributed by atoms with Gasteiger partial charge in [-0.25, -0.2) is 4.90 Å². The fourth-order valence-corrected chi connectivity index (χ4v) is 8.60. The molecule has 51 heavy (non-hydrogen) atoms. The zero-order chi connectivity index (χ0) is 34.3. The van der Waals surface area contributed by atoms with Crippen LogP contribution in [-0.2, 0) is 0 Å². The summed E-state index contributed by atoms with van der Waals surface area (Å²) in [7, 11) is 0. The van der Waals surface area contributed by atoms with Crippen LogP contribution in [0.5, 0.6) is 0 Å². The Kier molecular flexibility index (Phi) is 9.82. The van der Waals surface area contributed by atoms with E-state index in [9.17, 15) is 0 Å². The molecule has 0 saturated carbocycles. The van der Waals surface area contributed by atoms with Crippen LogP contribution in [0.4, 0.5) is 11.6 Å². The molecule has 0 aliphatic carbocycles. The van der Waals surface area contributed by atoms with Gasteiger partial charge in [-0.1, -0.05) is 127 Å². The molecule has 1 N–H and O–H groups in total. The van der Waals surface area contributed by atoms with Gasteiger partial charge in [-0.15, -0.1) is 0 Å². The largest absolute Gasteiger partial charge is 0.354 e. The van der Waals surface area contributed by atoms with Crippen molar-refractivity contribution in [3.05, 3.63) is 140 Å². The molecule has 0 spiro atoms. The lowest BCUT2D eigenvalue weighted by Crippen LogP contribution is -2.74. The lowest BCUT2D eigenvalue weighted by Gasteiger charge is -2.44. The molecule has 0 atom stereocenters. The summed E-state index contributed by atoms with van der Waals surface area (Å²) in [6, 6.07) is 49.9. The number of aliphatic imine (C=N–C) groups is 1. The van der Waals surface area contributed by atoms with Crippen LogP contribution in [0.3, 0.4) is 0 Å². The van der Waals surface area contributed by atoms with Crippen molar-refractivity contribution >= 4 is 51.6 Å². The maximum absolute atomic E-state index is 5.06. The maximum atomic E-state index is 5.06. The van der Waals surface area contributed by atoms with Crippen molar-refractivity contribution in [3.63, 3.8) is 0 Å². The summed E-state index contributed by atoms with van der Waals surface area (Å²) >= 11 is 0. The maximum Gasteiger partial charge on any atom is 0.354 e. The van der Waals surface area contributed by atoms with Gasteiger partial charge in [-0.3, -0.25) is 19.8 Å². The molecule has 0 unspecified atom stereocenters. The molecule has 5 aromatic rings. The first-order valence-corrected chi connectivity index (χ1v) is 18.9. The number of anilines is 2. The van der Waals surface area contributed by atoms with Crippen molar-refractivity contribution in [3.8, 4) is 0 Å². The minimum Gasteiger partial charge on any atom is -0.342 e. The van der Waals surface area contributed by atoms with Crippen LogP contribution in [-0.4, -0.2) is 84.9 Å². The van der Waals surface area contributed by atoms with Crippen LogP contribution in [0, 0.1) is 0 Å². The molecular weight excluding hydrogens is 625 g/mol. The SMILES string of the molecule is c1cc(N2CCCN3CCCN=C32)nc(N2CCC[N+]3=C2NCCC3)c1.c1ccc([B-](c2ccccc2)(c2ccccc2)c2ccccc2)cc1. The van der Waals surface area contributed by atoms with Crippen molar-refractivity contribution in [2.24, 2.45) is 4.99 Å². The number of pyridine rings is 1. The molecule has 8 heteroatoms. The molecule has 0 bridgehead atoms. The third-order valence-electron chi connectivity index (χ3n) is 10.9. The first-order valence-electron chi connectivity index (χ1n) is 18.9. The third kappa shape index (κ3) is 6.63. The van der Waals surface area contributed by atoms with Gasteiger partial charge >= 0.3 is 5.96 Å². The molecule has 1 fully saturated rings. The average molecular weight is 674 g/mol. The van der Waals surface area contributed by atoms with E-state index in [4.69, 9.17) is 9.98 Å². The molecule has 1 aromatic heterocycles. The van der Waals surface area contributed by atoms with Crippen LogP contribution in [0.2, 0.25) is 0 Å². The Morgan fingerprint density at radius 3 is 1.61 bits per heavy atom. The van der Waals surface area contributed by atoms with E-state index in [-0.39, 0.29) is 0 Å². The number of hydrogen-bond acceptors (Lipinski definition) is 6. The summed E-state index contributed by atoms with van der Waals surface area (Å²) in [5, 5.41) is 3.60. The van der Waals surface area contributed by atoms with Gasteiger partial charge in [0.15, 0.2) is 5.82 Å². The number of nitrogens with one attached hydrogen (secondary N) is 1. The van der Waals surface area contributed by atoms with Gasteiger partial charge in [0.2, 0.25) is 5.96 Å². The Bertz CT molecular complexity index is 1780. The Labute approximate surface area is 302 Å². The second-order valence-corrected chi connectivity index (χ2v) is 14.0. The summed E-state index contributed by atoms with van der Waals surface area (Å²) in [5.41, 5.74) is 5.36. The molecule has 4 aromatic carbocycles. The predicted octanol–water partition coefficient (Wildman–Crippen LogP) is 3.99. The number of hydrogen-bond donors (Lipinski definition) is 1. The summed E-state index contributed by atoms with van der Waals surface area (Å²) in [6.45, 7) is 8.57. The molecule has 1 saturated heterocycles. The van der Waals surface area contributed by atoms with Crippen LogP contribution < -0.4 is 37.0 Å². The monoisotopic (exact) mass is 673 g/mol. The van der Waals surface area contributed by atoms with E-state index in [1.807, 2.05) is 0 Å². The van der Waals surface area contributed by atoms with E-state index in [2.05, 4.69) is 164 Å². The van der Waals surface area contributed by atoms with Crippen molar-refractivity contribution in [1.82, 2.24) is 15.2 Å². The fourth-order valence-electron chi connectivity index (χ4n) is 8.60. The van der Waals surface area contributed by atoms with Crippen molar-refractivity contribution in [2.75, 3.05) is 62.2 Å². The van der Waals surface area contributed by atoms with E-state index >= 15 is 0 Å². The number of rotatable bonds is 6. The lowest BCUT2D eigenvalue weighted by molar-refractivity contribution is -0.538.